The average Bonchev–Trinajstić information content (AvgIpc) is 3.69. The number of nitrogens with zero attached hydrogens (tertiary/aromatic N) is 3. The van der Waals surface area contributed by atoms with E-state index in [0.29, 0.717) is 12.0 Å². The monoisotopic (exact) mass is 728 g/mol. The van der Waals surface area contributed by atoms with E-state index in [4.69, 9.17) is 4.98 Å². The van der Waals surface area contributed by atoms with Crippen molar-refractivity contribution < 1.29 is 20.1 Å². The summed E-state index contributed by atoms with van der Waals surface area (Å²) in [6.45, 7) is 9.19. The van der Waals surface area contributed by atoms with E-state index >= 15 is 0 Å². The third-order valence-electron chi connectivity index (χ3n) is 9.77. The normalized spacial score (nSPS) is 20.0. The van der Waals surface area contributed by atoms with Gasteiger partial charge in [0.2, 0.25) is 0 Å². The number of para-hydroxylation sites is 1. The van der Waals surface area contributed by atoms with Gasteiger partial charge in [-0.3, -0.25) is 4.98 Å². The summed E-state index contributed by atoms with van der Waals surface area (Å²) in [5.74, 6) is 2.25. The molecule has 1 radical (unpaired) electrons. The van der Waals surface area contributed by atoms with E-state index in [0.717, 1.165) is 28.5 Å². The Kier molecular flexibility index (Phi) is 7.81. The number of pyridine rings is 1. The topological polar surface area (TPSA) is 30.7 Å². The van der Waals surface area contributed by atoms with Crippen LogP contribution in [0.15, 0.2) is 85.1 Å². The molecule has 0 saturated heterocycles. The molecular weight excluding hydrogens is 691 g/mol. The van der Waals surface area contributed by atoms with Gasteiger partial charge in [0.15, 0.2) is 0 Å². The van der Waals surface area contributed by atoms with Crippen molar-refractivity contribution in [3.05, 3.63) is 114 Å². The molecule has 1 fully saturated rings. The quantitative estimate of drug-likeness (QED) is 0.170. The summed E-state index contributed by atoms with van der Waals surface area (Å²) < 4.78 is 2.40. The molecule has 0 N–H and O–H groups in total. The average molecular weight is 728 g/mol. The number of fused-ring (bicyclic) bond motifs is 3. The molecule has 3 heterocycles. The summed E-state index contributed by atoms with van der Waals surface area (Å²) in [5.41, 5.74) is 11.6. The smallest absolute Gasteiger partial charge is 0.0777 e. The first kappa shape index (κ1) is 28.8. The zero-order valence-electron chi connectivity index (χ0n) is 24.8. The largest absolute Gasteiger partial charge is 0.358 e. The molecule has 2 aliphatic carbocycles. The summed E-state index contributed by atoms with van der Waals surface area (Å²) in [6.07, 6.45) is 9.76. The minimum absolute atomic E-state index is 0. The Hall–Kier alpha value is -3.33. The van der Waals surface area contributed by atoms with Crippen molar-refractivity contribution in [3.63, 3.8) is 0 Å². The number of hydrogen-bond donors (Lipinski definition) is 0. The van der Waals surface area contributed by atoms with Gasteiger partial charge in [-0.05, 0) is 60.4 Å². The Balaban J connectivity index is 0.000000155. The van der Waals surface area contributed by atoms with E-state index in [2.05, 4.69) is 104 Å². The fourth-order valence-electron chi connectivity index (χ4n) is 7.29. The van der Waals surface area contributed by atoms with E-state index in [1.807, 2.05) is 30.5 Å². The van der Waals surface area contributed by atoms with E-state index in [1.165, 1.54) is 53.5 Å². The van der Waals surface area contributed by atoms with Gasteiger partial charge in [-0.1, -0.05) is 63.5 Å². The zero-order chi connectivity index (χ0) is 28.1. The molecule has 0 spiro atoms. The van der Waals surface area contributed by atoms with Crippen LogP contribution in [0.5, 0.6) is 0 Å². The molecule has 4 heteroatoms. The van der Waals surface area contributed by atoms with Crippen LogP contribution in [0.4, 0.5) is 0 Å². The number of imidazole rings is 1. The van der Waals surface area contributed by atoms with Gasteiger partial charge in [0.25, 0.3) is 0 Å². The Morgan fingerprint density at radius 3 is 2.48 bits per heavy atom. The van der Waals surface area contributed by atoms with Crippen LogP contribution in [0.2, 0.25) is 0 Å². The van der Waals surface area contributed by atoms with Crippen molar-refractivity contribution >= 4 is 16.6 Å². The van der Waals surface area contributed by atoms with Crippen LogP contribution >= 0.6 is 0 Å². The van der Waals surface area contributed by atoms with Crippen LogP contribution < -0.4 is 0 Å². The minimum Gasteiger partial charge on any atom is -0.358 e. The summed E-state index contributed by atoms with van der Waals surface area (Å²) in [4.78, 5) is 9.51. The van der Waals surface area contributed by atoms with E-state index < -0.39 is 0 Å². The van der Waals surface area contributed by atoms with Gasteiger partial charge in [-0.2, -0.15) is 0 Å². The molecule has 8 rings (SSSR count). The molecule has 1 saturated carbocycles. The molecule has 2 atom stereocenters. The Labute approximate surface area is 263 Å². The second-order valence-electron chi connectivity index (χ2n) is 12.4. The van der Waals surface area contributed by atoms with Crippen molar-refractivity contribution in [3.8, 4) is 22.6 Å². The van der Waals surface area contributed by atoms with Crippen LogP contribution in [-0.2, 0) is 25.5 Å². The third kappa shape index (κ3) is 4.70. The maximum atomic E-state index is 4.96. The predicted octanol–water partition coefficient (Wildman–Crippen LogP) is 9.59. The van der Waals surface area contributed by atoms with Gasteiger partial charge in [0.05, 0.1) is 16.9 Å². The standard InChI is InChI=1S/C22H21N2.C16H16N.Ir/c1-15-14-19(16-8-5-6-9-16)18-12-7-13-20-21(18)24(15)22(23-20)17-10-3-2-4-11-17;1-11-12-8-6-10-17-15(12)13-7-4-5-9-14(13)16(11,2)3;/h2-4,7,10,12-16H,5-6,8-9H2,1H3;4-6,8-11H,1-3H3;/q2*-1;. The molecule has 0 bridgehead atoms. The van der Waals surface area contributed by atoms with E-state index in [-0.39, 0.29) is 25.5 Å². The SMILES string of the molecule is CC1C=C(C2CCCC2)c2cccc3nc(-c4[c-]cccc4)n1c23.CC1c2cccnc2-c2[c-]cccc2C1(C)C.[Ir]. The van der Waals surface area contributed by atoms with Gasteiger partial charge >= 0.3 is 0 Å². The number of hydrogen-bond acceptors (Lipinski definition) is 2. The van der Waals surface area contributed by atoms with Crippen molar-refractivity contribution in [1.82, 2.24) is 14.5 Å². The third-order valence-corrected chi connectivity index (χ3v) is 9.77. The van der Waals surface area contributed by atoms with Gasteiger partial charge in [-0.15, -0.1) is 71.3 Å². The van der Waals surface area contributed by atoms with Crippen LogP contribution in [-0.4, -0.2) is 14.5 Å². The Bertz CT molecular complexity index is 1760. The first-order chi connectivity index (χ1) is 19.9. The van der Waals surface area contributed by atoms with Gasteiger partial charge < -0.3 is 9.55 Å². The molecule has 1 aliphatic heterocycles. The maximum Gasteiger partial charge on any atom is 0.0777 e. The summed E-state index contributed by atoms with van der Waals surface area (Å²) >= 11 is 0. The number of allylic oxidation sites excluding steroid dienone is 2. The first-order valence-electron chi connectivity index (χ1n) is 15.1. The van der Waals surface area contributed by atoms with Crippen molar-refractivity contribution in [2.24, 2.45) is 5.92 Å². The Morgan fingerprint density at radius 1 is 0.881 bits per heavy atom. The van der Waals surface area contributed by atoms with E-state index in [1.54, 1.807) is 5.57 Å². The van der Waals surface area contributed by atoms with Gasteiger partial charge in [0, 0.05) is 37.9 Å². The van der Waals surface area contributed by atoms with Crippen LogP contribution in [0, 0.1) is 18.1 Å². The number of aromatic nitrogens is 3. The van der Waals surface area contributed by atoms with Gasteiger partial charge in [0.1, 0.15) is 0 Å². The van der Waals surface area contributed by atoms with Gasteiger partial charge in [-0.25, -0.2) is 0 Å². The fourth-order valence-corrected chi connectivity index (χ4v) is 7.29. The second-order valence-corrected chi connectivity index (χ2v) is 12.4. The summed E-state index contributed by atoms with van der Waals surface area (Å²) in [6, 6.07) is 32.3. The molecule has 3 nitrogen and oxygen atoms in total. The fraction of sp³-hybridized carbons (Fsp3) is 0.316. The Morgan fingerprint density at radius 2 is 1.69 bits per heavy atom. The minimum atomic E-state index is 0. The molecule has 215 valence electrons. The summed E-state index contributed by atoms with van der Waals surface area (Å²) in [5, 5.41) is 0. The molecule has 0 amide bonds. The first-order valence-corrected chi connectivity index (χ1v) is 15.1. The number of rotatable bonds is 2. The van der Waals surface area contributed by atoms with Crippen molar-refractivity contribution in [2.45, 2.75) is 70.8 Å². The number of benzene rings is 3. The molecule has 2 aromatic heterocycles. The maximum absolute atomic E-state index is 4.96. The molecule has 2 unspecified atom stereocenters. The predicted molar refractivity (Wildman–Crippen MR) is 169 cm³/mol. The molecule has 3 aliphatic rings. The van der Waals surface area contributed by atoms with Crippen molar-refractivity contribution in [1.29, 1.82) is 0 Å². The molecule has 42 heavy (non-hydrogen) atoms. The zero-order valence-corrected chi connectivity index (χ0v) is 27.2. The van der Waals surface area contributed by atoms with Crippen molar-refractivity contribution in [2.75, 3.05) is 0 Å². The molecule has 3 aromatic carbocycles. The van der Waals surface area contributed by atoms with Crippen LogP contribution in [0.25, 0.3) is 39.3 Å². The second kappa shape index (κ2) is 11.4. The summed E-state index contributed by atoms with van der Waals surface area (Å²) in [7, 11) is 0. The molecular formula is C38H37IrN3-2. The molecule has 5 aromatic rings. The van der Waals surface area contributed by atoms with E-state index in [9.17, 15) is 0 Å². The van der Waals surface area contributed by atoms with Crippen LogP contribution in [0.1, 0.15) is 82.0 Å². The van der Waals surface area contributed by atoms with Crippen LogP contribution in [0.3, 0.4) is 0 Å².